The molecule has 16 heavy (non-hydrogen) atoms. The molecule has 1 N–H and O–H groups in total. The van der Waals surface area contributed by atoms with Crippen LogP contribution < -0.4 is 5.32 Å². The molecule has 6 nitrogen and oxygen atoms in total. The van der Waals surface area contributed by atoms with Crippen LogP contribution in [0, 0.1) is 6.92 Å². The van der Waals surface area contributed by atoms with E-state index in [4.69, 9.17) is 0 Å². The van der Waals surface area contributed by atoms with Gasteiger partial charge in [-0.15, -0.1) is 11.3 Å². The molecule has 84 valence electrons. The minimum Gasteiger partial charge on any atom is -0.269 e. The van der Waals surface area contributed by atoms with Crippen LogP contribution in [0.2, 0.25) is 0 Å². The van der Waals surface area contributed by atoms with Gasteiger partial charge in [0.15, 0.2) is 0 Å². The molecule has 0 spiro atoms. The third kappa shape index (κ3) is 1.58. The maximum atomic E-state index is 11.4. The van der Waals surface area contributed by atoms with E-state index in [0.717, 1.165) is 9.78 Å². The Morgan fingerprint density at radius 3 is 2.56 bits per heavy atom. The van der Waals surface area contributed by atoms with Crippen molar-refractivity contribution in [1.29, 1.82) is 0 Å². The van der Waals surface area contributed by atoms with Gasteiger partial charge in [-0.25, -0.2) is 14.7 Å². The molecule has 7 heteroatoms. The highest BCUT2D eigenvalue weighted by Crippen LogP contribution is 2.26. The Morgan fingerprint density at radius 1 is 1.44 bits per heavy atom. The number of carbonyl (C=O) groups excluding carboxylic acids is 3. The summed E-state index contributed by atoms with van der Waals surface area (Å²) in [6, 6.07) is -1.20. The Morgan fingerprint density at radius 2 is 2.12 bits per heavy atom. The normalized spacial score (nSPS) is 17.9. The van der Waals surface area contributed by atoms with Gasteiger partial charge >= 0.3 is 17.8 Å². The molecular formula is C9H9N3O3S. The maximum absolute atomic E-state index is 11.4. The first kappa shape index (κ1) is 10.7. The predicted octanol–water partition coefficient (Wildman–Crippen LogP) is 0.591. The van der Waals surface area contributed by atoms with Crippen LogP contribution in [-0.4, -0.2) is 27.7 Å². The van der Waals surface area contributed by atoms with Crippen LogP contribution in [-0.2, 0) is 9.59 Å². The Balaban J connectivity index is 2.28. The Labute approximate surface area is 95.3 Å². The summed E-state index contributed by atoms with van der Waals surface area (Å²) in [5, 5.41) is 2.58. The predicted molar refractivity (Wildman–Crippen MR) is 55.7 cm³/mol. The number of aryl methyl sites for hydroxylation is 1. The molecule has 0 aromatic carbocycles. The molecule has 2 rings (SSSR count). The monoisotopic (exact) mass is 239 g/mol. The van der Waals surface area contributed by atoms with Crippen LogP contribution in [0.25, 0.3) is 0 Å². The molecule has 0 saturated carbocycles. The smallest absolute Gasteiger partial charge is 0.269 e. The van der Waals surface area contributed by atoms with Gasteiger partial charge in [0.2, 0.25) is 0 Å². The zero-order valence-corrected chi connectivity index (χ0v) is 9.50. The van der Waals surface area contributed by atoms with Crippen molar-refractivity contribution in [3.8, 4) is 0 Å². The minimum atomic E-state index is -0.884. The number of rotatable bonds is 2. The first-order valence-corrected chi connectivity index (χ1v) is 5.43. The van der Waals surface area contributed by atoms with E-state index in [1.807, 2.05) is 12.2 Å². The fourth-order valence-corrected chi connectivity index (χ4v) is 2.26. The second-order valence-corrected chi connectivity index (χ2v) is 4.69. The molecule has 1 fully saturated rings. The van der Waals surface area contributed by atoms with Crippen LogP contribution in [0.4, 0.5) is 4.79 Å². The van der Waals surface area contributed by atoms with Crippen LogP contribution in [0.3, 0.4) is 0 Å². The van der Waals surface area contributed by atoms with Crippen molar-refractivity contribution in [1.82, 2.24) is 15.2 Å². The highest BCUT2D eigenvalue weighted by Gasteiger charge is 2.41. The van der Waals surface area contributed by atoms with Gasteiger partial charge in [0, 0.05) is 11.1 Å². The van der Waals surface area contributed by atoms with Crippen LogP contribution in [0.1, 0.15) is 22.9 Å². The molecule has 1 aromatic heterocycles. The summed E-state index contributed by atoms with van der Waals surface area (Å²) in [4.78, 5) is 39.7. The van der Waals surface area contributed by atoms with E-state index >= 15 is 0 Å². The number of carbonyl (C=O) groups is 3. The van der Waals surface area contributed by atoms with E-state index < -0.39 is 23.9 Å². The molecule has 1 aromatic rings. The zero-order valence-electron chi connectivity index (χ0n) is 8.68. The van der Waals surface area contributed by atoms with Crippen molar-refractivity contribution < 1.29 is 14.4 Å². The van der Waals surface area contributed by atoms with Gasteiger partial charge in [-0.3, -0.25) is 14.9 Å². The van der Waals surface area contributed by atoms with Gasteiger partial charge in [-0.05, 0) is 13.8 Å². The van der Waals surface area contributed by atoms with Crippen molar-refractivity contribution in [2.45, 2.75) is 19.9 Å². The molecule has 1 aliphatic rings. The van der Waals surface area contributed by atoms with Gasteiger partial charge in [-0.2, -0.15) is 0 Å². The number of urea groups is 1. The molecular weight excluding hydrogens is 230 g/mol. The number of nitrogens with zero attached hydrogens (tertiary/aromatic N) is 2. The highest BCUT2D eigenvalue weighted by molar-refractivity contribution is 7.11. The molecule has 0 bridgehead atoms. The molecule has 2 heterocycles. The molecule has 1 saturated heterocycles. The highest BCUT2D eigenvalue weighted by atomic mass is 32.1. The fraction of sp³-hybridized carbons (Fsp3) is 0.333. The number of nitrogens with one attached hydrogen (secondary N) is 1. The van der Waals surface area contributed by atoms with Crippen LogP contribution in [0.15, 0.2) is 6.20 Å². The summed E-state index contributed by atoms with van der Waals surface area (Å²) in [6.07, 6.45) is 1.66. The van der Waals surface area contributed by atoms with Gasteiger partial charge in [0.1, 0.15) is 5.01 Å². The van der Waals surface area contributed by atoms with Gasteiger partial charge in [-0.1, -0.05) is 0 Å². The number of hydrogen-bond donors (Lipinski definition) is 1. The Bertz CT molecular complexity index is 482. The molecule has 1 unspecified atom stereocenters. The standard InChI is InChI=1S/C9H9N3O3S/c1-4-3-10-7(16-4)5(2)12-8(14)6(13)11-9(12)15/h3,5H,1-2H3,(H,11,13,15). The Kier molecular flexibility index (Phi) is 2.47. The van der Waals surface area contributed by atoms with E-state index in [2.05, 4.69) is 4.98 Å². The minimum absolute atomic E-state index is 0.516. The summed E-state index contributed by atoms with van der Waals surface area (Å²) in [7, 11) is 0. The molecule has 0 aliphatic carbocycles. The van der Waals surface area contributed by atoms with Crippen molar-refractivity contribution >= 4 is 29.2 Å². The van der Waals surface area contributed by atoms with Gasteiger partial charge in [0.25, 0.3) is 0 Å². The molecule has 4 amide bonds. The second kappa shape index (κ2) is 3.67. The maximum Gasteiger partial charge on any atom is 0.332 e. The number of amides is 4. The summed E-state index contributed by atoms with van der Waals surface area (Å²) >= 11 is 1.39. The summed E-state index contributed by atoms with van der Waals surface area (Å²) in [5.41, 5.74) is 0. The van der Waals surface area contributed by atoms with E-state index in [9.17, 15) is 14.4 Å². The largest absolute Gasteiger partial charge is 0.332 e. The van der Waals surface area contributed by atoms with Crippen molar-refractivity contribution in [3.05, 3.63) is 16.1 Å². The van der Waals surface area contributed by atoms with Crippen LogP contribution >= 0.6 is 11.3 Å². The zero-order chi connectivity index (χ0) is 11.9. The lowest BCUT2D eigenvalue weighted by atomic mass is 10.3. The van der Waals surface area contributed by atoms with E-state index in [-0.39, 0.29) is 0 Å². The number of aromatic nitrogens is 1. The quantitative estimate of drug-likeness (QED) is 0.605. The lowest BCUT2D eigenvalue weighted by molar-refractivity contribution is -0.141. The summed E-state index contributed by atoms with van der Waals surface area (Å²) < 4.78 is 0. The van der Waals surface area contributed by atoms with E-state index in [1.54, 1.807) is 13.1 Å². The first-order valence-electron chi connectivity index (χ1n) is 4.61. The van der Waals surface area contributed by atoms with E-state index in [1.165, 1.54) is 11.3 Å². The first-order chi connectivity index (χ1) is 7.50. The summed E-state index contributed by atoms with van der Waals surface area (Å²) in [6.45, 7) is 3.54. The average molecular weight is 239 g/mol. The van der Waals surface area contributed by atoms with Crippen molar-refractivity contribution in [3.63, 3.8) is 0 Å². The van der Waals surface area contributed by atoms with Crippen molar-refractivity contribution in [2.24, 2.45) is 0 Å². The number of imide groups is 2. The third-order valence-corrected chi connectivity index (χ3v) is 3.32. The lowest BCUT2D eigenvalue weighted by Gasteiger charge is -2.17. The van der Waals surface area contributed by atoms with Gasteiger partial charge in [0.05, 0.1) is 6.04 Å². The SMILES string of the molecule is Cc1cnc(C(C)N2C(=O)NC(=O)C2=O)s1. The second-order valence-electron chi connectivity index (χ2n) is 3.42. The summed E-state index contributed by atoms with van der Waals surface area (Å²) in [5.74, 6) is -1.71. The number of thiazole rings is 1. The molecule has 1 aliphatic heterocycles. The average Bonchev–Trinajstić information content (AvgIpc) is 2.73. The molecule has 1 atom stereocenters. The lowest BCUT2D eigenvalue weighted by Crippen LogP contribution is -2.33. The number of hydrogen-bond acceptors (Lipinski definition) is 5. The van der Waals surface area contributed by atoms with Gasteiger partial charge < -0.3 is 0 Å². The third-order valence-electron chi connectivity index (χ3n) is 2.24. The van der Waals surface area contributed by atoms with E-state index in [0.29, 0.717) is 5.01 Å². The van der Waals surface area contributed by atoms with Crippen molar-refractivity contribution in [2.75, 3.05) is 0 Å². The fourth-order valence-electron chi connectivity index (χ4n) is 1.44. The molecule has 0 radical (unpaired) electrons. The topological polar surface area (TPSA) is 79.4 Å². The van der Waals surface area contributed by atoms with Crippen LogP contribution in [0.5, 0.6) is 0 Å². The Hall–Kier alpha value is -1.76.